The lowest BCUT2D eigenvalue weighted by molar-refractivity contribution is 0.892. The summed E-state index contributed by atoms with van der Waals surface area (Å²) in [5, 5.41) is 0. The zero-order chi connectivity index (χ0) is 10.7. The van der Waals surface area contributed by atoms with Gasteiger partial charge in [0, 0.05) is 11.3 Å². The molecule has 0 atom stereocenters. The summed E-state index contributed by atoms with van der Waals surface area (Å²) in [5.41, 5.74) is 3.43. The van der Waals surface area contributed by atoms with Crippen molar-refractivity contribution in [3.05, 3.63) is 40.8 Å². The van der Waals surface area contributed by atoms with Crippen molar-refractivity contribution in [2.45, 2.75) is 19.8 Å². The molecular weight excluding hydrogens is 252 g/mol. The van der Waals surface area contributed by atoms with Crippen LogP contribution in [0.4, 0.5) is 0 Å². The first kappa shape index (κ1) is 10.4. The number of nitrogens with one attached hydrogen (secondary N) is 1. The summed E-state index contributed by atoms with van der Waals surface area (Å²) in [6.07, 6.45) is 2.15. The van der Waals surface area contributed by atoms with Gasteiger partial charge >= 0.3 is 0 Å². The largest absolute Gasteiger partial charge is 0.336 e. The minimum atomic E-state index is 0.810. The number of aromatic nitrogens is 2. The van der Waals surface area contributed by atoms with E-state index in [0.717, 1.165) is 23.3 Å². The predicted octanol–water partition coefficient (Wildman–Crippen LogP) is 3.79. The number of aromatic amines is 1. The molecule has 78 valence electrons. The summed E-state index contributed by atoms with van der Waals surface area (Å²) in [7, 11) is 0. The average Bonchev–Trinajstić information content (AvgIpc) is 2.62. The number of aryl methyl sites for hydroxylation is 1. The van der Waals surface area contributed by atoms with E-state index in [0.29, 0.717) is 0 Å². The average molecular weight is 265 g/mol. The van der Waals surface area contributed by atoms with Gasteiger partial charge in [-0.05, 0) is 22.4 Å². The van der Waals surface area contributed by atoms with Crippen molar-refractivity contribution in [3.8, 4) is 11.3 Å². The minimum Gasteiger partial charge on any atom is -0.336 e. The molecule has 0 aliphatic carbocycles. The number of hydrogen-bond acceptors (Lipinski definition) is 1. The second-order valence-electron chi connectivity index (χ2n) is 3.47. The Morgan fingerprint density at radius 3 is 2.67 bits per heavy atom. The molecule has 0 radical (unpaired) electrons. The molecule has 15 heavy (non-hydrogen) atoms. The highest BCUT2D eigenvalue weighted by atomic mass is 79.9. The molecule has 1 N–H and O–H groups in total. The molecule has 1 aromatic carbocycles. The Bertz CT molecular complexity index is 434. The van der Waals surface area contributed by atoms with Crippen LogP contribution in [0.1, 0.15) is 19.0 Å². The van der Waals surface area contributed by atoms with Gasteiger partial charge in [-0.25, -0.2) is 4.98 Å². The number of imidazole rings is 1. The molecule has 0 amide bonds. The molecule has 0 aliphatic heterocycles. The third-order valence-corrected chi connectivity index (χ3v) is 2.67. The van der Waals surface area contributed by atoms with Crippen LogP contribution in [-0.2, 0) is 6.42 Å². The number of benzene rings is 1. The topological polar surface area (TPSA) is 28.7 Å². The van der Waals surface area contributed by atoms with E-state index in [4.69, 9.17) is 0 Å². The molecule has 0 bridgehead atoms. The number of H-pyrrole nitrogens is 1. The molecule has 1 heterocycles. The fourth-order valence-corrected chi connectivity index (χ4v) is 2.06. The SMILES string of the molecule is CCCc1[nH]c(Br)nc1-c1ccccc1. The molecule has 2 nitrogen and oxygen atoms in total. The predicted molar refractivity (Wildman–Crippen MR) is 65.7 cm³/mol. The van der Waals surface area contributed by atoms with Crippen LogP contribution in [0.3, 0.4) is 0 Å². The van der Waals surface area contributed by atoms with Crippen molar-refractivity contribution < 1.29 is 0 Å². The Balaban J connectivity index is 2.43. The van der Waals surface area contributed by atoms with Crippen molar-refractivity contribution in [1.82, 2.24) is 9.97 Å². The number of halogens is 1. The first-order valence-corrected chi connectivity index (χ1v) is 5.90. The van der Waals surface area contributed by atoms with Crippen LogP contribution < -0.4 is 0 Å². The summed E-state index contributed by atoms with van der Waals surface area (Å²) in [6, 6.07) is 10.3. The van der Waals surface area contributed by atoms with Gasteiger partial charge in [0.05, 0.1) is 5.69 Å². The molecule has 0 saturated heterocycles. The summed E-state index contributed by atoms with van der Waals surface area (Å²) in [5.74, 6) is 0. The summed E-state index contributed by atoms with van der Waals surface area (Å²) >= 11 is 3.38. The molecule has 2 aromatic rings. The summed E-state index contributed by atoms with van der Waals surface area (Å²) < 4.78 is 0.810. The molecule has 0 saturated carbocycles. The van der Waals surface area contributed by atoms with Gasteiger partial charge in [-0.3, -0.25) is 0 Å². The molecule has 0 fully saturated rings. The Morgan fingerprint density at radius 2 is 2.00 bits per heavy atom. The zero-order valence-electron chi connectivity index (χ0n) is 8.63. The number of hydrogen-bond donors (Lipinski definition) is 1. The molecule has 3 heteroatoms. The zero-order valence-corrected chi connectivity index (χ0v) is 10.2. The standard InChI is InChI=1S/C12H13BrN2/c1-2-6-10-11(15-12(13)14-10)9-7-4-3-5-8-9/h3-5,7-8H,2,6H2,1H3,(H,14,15). The van der Waals surface area contributed by atoms with Gasteiger partial charge in [-0.1, -0.05) is 43.7 Å². The van der Waals surface area contributed by atoms with E-state index in [2.05, 4.69) is 45.0 Å². The van der Waals surface area contributed by atoms with Crippen LogP contribution in [0.25, 0.3) is 11.3 Å². The summed E-state index contributed by atoms with van der Waals surface area (Å²) in [4.78, 5) is 7.71. The van der Waals surface area contributed by atoms with Gasteiger partial charge in [0.15, 0.2) is 4.73 Å². The molecule has 1 aromatic heterocycles. The second-order valence-corrected chi connectivity index (χ2v) is 4.22. The van der Waals surface area contributed by atoms with Crippen molar-refractivity contribution in [1.29, 1.82) is 0 Å². The highest BCUT2D eigenvalue weighted by molar-refractivity contribution is 9.10. The van der Waals surface area contributed by atoms with Crippen molar-refractivity contribution >= 4 is 15.9 Å². The van der Waals surface area contributed by atoms with Crippen LogP contribution in [0, 0.1) is 0 Å². The fraction of sp³-hybridized carbons (Fsp3) is 0.250. The molecule has 0 spiro atoms. The van der Waals surface area contributed by atoms with Crippen LogP contribution in [0.5, 0.6) is 0 Å². The van der Waals surface area contributed by atoms with E-state index in [-0.39, 0.29) is 0 Å². The van der Waals surface area contributed by atoms with E-state index in [9.17, 15) is 0 Å². The molecule has 0 unspecified atom stereocenters. The Hall–Kier alpha value is -1.09. The van der Waals surface area contributed by atoms with Crippen molar-refractivity contribution in [2.75, 3.05) is 0 Å². The Labute approximate surface area is 97.9 Å². The molecule has 2 rings (SSSR count). The van der Waals surface area contributed by atoms with E-state index in [1.165, 1.54) is 11.3 Å². The second kappa shape index (κ2) is 4.62. The lowest BCUT2D eigenvalue weighted by Gasteiger charge is -2.00. The van der Waals surface area contributed by atoms with Crippen LogP contribution in [0.2, 0.25) is 0 Å². The van der Waals surface area contributed by atoms with Gasteiger partial charge in [0.2, 0.25) is 0 Å². The van der Waals surface area contributed by atoms with E-state index in [1.54, 1.807) is 0 Å². The lowest BCUT2D eigenvalue weighted by Crippen LogP contribution is -1.87. The fourth-order valence-electron chi connectivity index (χ4n) is 1.64. The smallest absolute Gasteiger partial charge is 0.175 e. The lowest BCUT2D eigenvalue weighted by atomic mass is 10.1. The highest BCUT2D eigenvalue weighted by Crippen LogP contribution is 2.24. The summed E-state index contributed by atoms with van der Waals surface area (Å²) in [6.45, 7) is 2.17. The first-order valence-electron chi connectivity index (χ1n) is 5.11. The Kier molecular flexibility index (Phi) is 3.21. The molecule has 0 aliphatic rings. The third-order valence-electron chi connectivity index (χ3n) is 2.30. The number of rotatable bonds is 3. The monoisotopic (exact) mass is 264 g/mol. The maximum absolute atomic E-state index is 4.46. The normalized spacial score (nSPS) is 10.5. The van der Waals surface area contributed by atoms with Crippen molar-refractivity contribution in [2.24, 2.45) is 0 Å². The van der Waals surface area contributed by atoms with Gasteiger partial charge in [0.25, 0.3) is 0 Å². The highest BCUT2D eigenvalue weighted by Gasteiger charge is 2.09. The van der Waals surface area contributed by atoms with E-state index >= 15 is 0 Å². The maximum Gasteiger partial charge on any atom is 0.175 e. The van der Waals surface area contributed by atoms with Crippen LogP contribution >= 0.6 is 15.9 Å². The Morgan fingerprint density at radius 1 is 1.27 bits per heavy atom. The van der Waals surface area contributed by atoms with Gasteiger partial charge in [-0.2, -0.15) is 0 Å². The molecular formula is C12H13BrN2. The van der Waals surface area contributed by atoms with E-state index < -0.39 is 0 Å². The minimum absolute atomic E-state index is 0.810. The maximum atomic E-state index is 4.46. The van der Waals surface area contributed by atoms with Gasteiger partial charge in [-0.15, -0.1) is 0 Å². The van der Waals surface area contributed by atoms with E-state index in [1.807, 2.05) is 18.2 Å². The first-order chi connectivity index (χ1) is 7.31. The van der Waals surface area contributed by atoms with Crippen molar-refractivity contribution in [3.63, 3.8) is 0 Å². The quantitative estimate of drug-likeness (QED) is 0.898. The number of nitrogens with zero attached hydrogens (tertiary/aromatic N) is 1. The van der Waals surface area contributed by atoms with Gasteiger partial charge < -0.3 is 4.98 Å². The van der Waals surface area contributed by atoms with Crippen LogP contribution in [0.15, 0.2) is 35.1 Å². The van der Waals surface area contributed by atoms with Gasteiger partial charge in [0.1, 0.15) is 0 Å². The third kappa shape index (κ3) is 2.29. The van der Waals surface area contributed by atoms with Crippen LogP contribution in [-0.4, -0.2) is 9.97 Å².